The Morgan fingerprint density at radius 3 is 1.60 bits per heavy atom. The van der Waals surface area contributed by atoms with Crippen molar-refractivity contribution in [1.29, 1.82) is 0 Å². The normalized spacial score (nSPS) is 14.5. The van der Waals surface area contributed by atoms with Crippen LogP contribution >= 0.6 is 11.3 Å². The second kappa shape index (κ2) is 13.2. The van der Waals surface area contributed by atoms with E-state index in [1.807, 2.05) is 11.3 Å². The van der Waals surface area contributed by atoms with E-state index < -0.39 is 6.29 Å². The van der Waals surface area contributed by atoms with E-state index in [4.69, 9.17) is 9.98 Å². The molecule has 6 heteroatoms. The van der Waals surface area contributed by atoms with E-state index in [1.54, 1.807) is 0 Å². The second-order valence-corrected chi connectivity index (χ2v) is 17.7. The maximum Gasteiger partial charge on any atom is 0.204 e. The molecule has 63 heavy (non-hydrogen) atoms. The van der Waals surface area contributed by atoms with Gasteiger partial charge < -0.3 is 14.5 Å². The molecule has 0 aliphatic carbocycles. The van der Waals surface area contributed by atoms with Crippen molar-refractivity contribution >= 4 is 119 Å². The van der Waals surface area contributed by atoms with Gasteiger partial charge in [-0.3, -0.25) is 0 Å². The summed E-state index contributed by atoms with van der Waals surface area (Å²) in [6.07, 6.45) is -0.476. The van der Waals surface area contributed by atoms with E-state index in [0.717, 1.165) is 39.1 Å². The first-order valence-corrected chi connectivity index (χ1v) is 22.2. The molecule has 0 spiro atoms. The number of hydrogen-bond acceptors (Lipinski definition) is 4. The second-order valence-electron chi connectivity index (χ2n) is 16.6. The van der Waals surface area contributed by atoms with Gasteiger partial charge in [-0.15, -0.1) is 11.3 Å². The SMILES string of the molecule is c1ccc2cc(C3=NC(c4cc(-n5c6cc7ccccc7cc6c6cc7ccccc7cc65)c5c(c4)sc4ccccc45)=NC(n4c5ccccc5c5ccccc54)N3)ccc2c1. The fraction of sp³-hybridized carbons (Fsp3) is 0.0175. The van der Waals surface area contributed by atoms with Gasteiger partial charge in [0.25, 0.3) is 0 Å². The van der Waals surface area contributed by atoms with Crippen molar-refractivity contribution in [3.8, 4) is 5.69 Å². The van der Waals surface area contributed by atoms with Crippen LogP contribution in [0.2, 0.25) is 0 Å². The highest BCUT2D eigenvalue weighted by atomic mass is 32.1. The predicted octanol–water partition coefficient (Wildman–Crippen LogP) is 14.7. The van der Waals surface area contributed by atoms with E-state index in [1.165, 1.54) is 79.7 Å². The van der Waals surface area contributed by atoms with Gasteiger partial charge in [0.05, 0.1) is 27.8 Å². The van der Waals surface area contributed by atoms with E-state index in [9.17, 15) is 0 Å². The summed E-state index contributed by atoms with van der Waals surface area (Å²) in [5.74, 6) is 1.46. The fourth-order valence-electron chi connectivity index (χ4n) is 10.2. The molecule has 3 aromatic heterocycles. The summed E-state index contributed by atoms with van der Waals surface area (Å²) in [7, 11) is 0. The molecule has 14 rings (SSSR count). The summed E-state index contributed by atoms with van der Waals surface area (Å²) in [4.78, 5) is 11.1. The van der Waals surface area contributed by atoms with Crippen LogP contribution in [0.5, 0.6) is 0 Å². The molecule has 0 saturated heterocycles. The Bertz CT molecular complexity index is 4000. The summed E-state index contributed by atoms with van der Waals surface area (Å²) in [6.45, 7) is 0. The van der Waals surface area contributed by atoms with Gasteiger partial charge in [-0.05, 0) is 93.0 Å². The number of para-hydroxylation sites is 2. The number of aromatic nitrogens is 2. The van der Waals surface area contributed by atoms with Crippen LogP contribution in [-0.4, -0.2) is 20.8 Å². The van der Waals surface area contributed by atoms with Crippen LogP contribution in [0.15, 0.2) is 210 Å². The Balaban J connectivity index is 1.08. The van der Waals surface area contributed by atoms with Crippen molar-refractivity contribution in [1.82, 2.24) is 14.5 Å². The summed E-state index contributed by atoms with van der Waals surface area (Å²) in [5.41, 5.74) is 7.66. The first-order chi connectivity index (χ1) is 31.2. The third kappa shape index (κ3) is 5.22. The van der Waals surface area contributed by atoms with Crippen LogP contribution in [0.4, 0.5) is 0 Å². The van der Waals surface area contributed by atoms with Crippen LogP contribution in [0.1, 0.15) is 17.4 Å². The van der Waals surface area contributed by atoms with Crippen molar-refractivity contribution < 1.29 is 0 Å². The van der Waals surface area contributed by atoms with Crippen molar-refractivity contribution in [3.05, 3.63) is 211 Å². The van der Waals surface area contributed by atoms with Crippen LogP contribution in [0.25, 0.3) is 102 Å². The number of amidine groups is 2. The predicted molar refractivity (Wildman–Crippen MR) is 267 cm³/mol. The average Bonchev–Trinajstić information content (AvgIpc) is 3.99. The number of aliphatic imine (C=N–C) groups is 2. The Hall–Kier alpha value is -8.06. The smallest absolute Gasteiger partial charge is 0.204 e. The molecule has 0 radical (unpaired) electrons. The molecule has 1 N–H and O–H groups in total. The fourth-order valence-corrected chi connectivity index (χ4v) is 11.4. The van der Waals surface area contributed by atoms with E-state index in [-0.39, 0.29) is 0 Å². The average molecular weight is 822 g/mol. The number of nitrogens with zero attached hydrogens (tertiary/aromatic N) is 4. The molecule has 13 aromatic rings. The highest BCUT2D eigenvalue weighted by Crippen LogP contribution is 2.44. The topological polar surface area (TPSA) is 46.6 Å². The molecule has 0 amide bonds. The minimum atomic E-state index is -0.476. The van der Waals surface area contributed by atoms with E-state index in [0.29, 0.717) is 5.84 Å². The van der Waals surface area contributed by atoms with Crippen molar-refractivity contribution in [2.45, 2.75) is 6.29 Å². The molecule has 0 saturated carbocycles. The van der Waals surface area contributed by atoms with Crippen LogP contribution in [0, 0.1) is 0 Å². The molecule has 1 atom stereocenters. The van der Waals surface area contributed by atoms with Crippen molar-refractivity contribution in [2.24, 2.45) is 9.98 Å². The number of hydrogen-bond donors (Lipinski definition) is 1. The minimum absolute atomic E-state index is 0.476. The Kier molecular flexibility index (Phi) is 7.27. The van der Waals surface area contributed by atoms with E-state index in [2.05, 4.69) is 215 Å². The summed E-state index contributed by atoms with van der Waals surface area (Å²) in [5, 5.41) is 18.4. The van der Waals surface area contributed by atoms with Crippen molar-refractivity contribution in [2.75, 3.05) is 0 Å². The van der Waals surface area contributed by atoms with Gasteiger partial charge in [0.15, 0.2) is 5.84 Å². The molecule has 0 fully saturated rings. The molecule has 0 bridgehead atoms. The van der Waals surface area contributed by atoms with Gasteiger partial charge in [0, 0.05) is 52.8 Å². The number of thiophene rings is 1. The molecule has 4 heterocycles. The molecule has 294 valence electrons. The minimum Gasteiger partial charge on any atom is -0.331 e. The zero-order valence-electron chi connectivity index (χ0n) is 33.8. The molecule has 1 aliphatic rings. The maximum absolute atomic E-state index is 5.60. The Labute approximate surface area is 365 Å². The number of rotatable bonds is 4. The van der Waals surface area contributed by atoms with Crippen LogP contribution in [-0.2, 0) is 0 Å². The Morgan fingerprint density at radius 1 is 0.413 bits per heavy atom. The van der Waals surface area contributed by atoms with Gasteiger partial charge in [-0.25, -0.2) is 9.98 Å². The molecule has 1 unspecified atom stereocenters. The summed E-state index contributed by atoms with van der Waals surface area (Å²) < 4.78 is 7.28. The first-order valence-electron chi connectivity index (χ1n) is 21.4. The highest BCUT2D eigenvalue weighted by Gasteiger charge is 2.27. The quantitative estimate of drug-likeness (QED) is 0.189. The number of nitrogens with one attached hydrogen (secondary N) is 1. The van der Waals surface area contributed by atoms with Crippen LogP contribution < -0.4 is 5.32 Å². The number of fused-ring (bicyclic) bond motifs is 12. The largest absolute Gasteiger partial charge is 0.331 e. The van der Waals surface area contributed by atoms with Crippen LogP contribution in [0.3, 0.4) is 0 Å². The lowest BCUT2D eigenvalue weighted by Gasteiger charge is -2.26. The highest BCUT2D eigenvalue weighted by molar-refractivity contribution is 7.26. The van der Waals surface area contributed by atoms with Gasteiger partial charge >= 0.3 is 0 Å². The standard InChI is InChI=1S/C57H35N5S/c1-2-14-35-27-40(26-25-34(35)13-1)55-58-56(60-57(59-55)62-47-22-10-7-19-42(47)43-20-8-11-23-48(43)62)41-32-51(54-44-21-9-12-24-52(44)63-53(54)33-41)61-49-30-38-17-5-3-15-36(38)28-45(49)46-29-37-16-4-6-18-39(37)31-50(46)61/h1-33,57H,(H,58,59,60). The van der Waals surface area contributed by atoms with Crippen molar-refractivity contribution in [3.63, 3.8) is 0 Å². The lowest BCUT2D eigenvalue weighted by atomic mass is 10.0. The zero-order valence-corrected chi connectivity index (χ0v) is 34.6. The van der Waals surface area contributed by atoms with Gasteiger partial charge in [0.1, 0.15) is 5.84 Å². The maximum atomic E-state index is 5.60. The lowest BCUT2D eigenvalue weighted by Crippen LogP contribution is -2.36. The first kappa shape index (κ1) is 34.6. The molecule has 5 nitrogen and oxygen atoms in total. The van der Waals surface area contributed by atoms with E-state index >= 15 is 0 Å². The molecule has 1 aliphatic heterocycles. The van der Waals surface area contributed by atoms with Gasteiger partial charge in [-0.2, -0.15) is 0 Å². The third-order valence-corrected chi connectivity index (χ3v) is 14.2. The lowest BCUT2D eigenvalue weighted by molar-refractivity contribution is 0.516. The number of benzene rings is 10. The molecule has 10 aromatic carbocycles. The molecular formula is C57H35N5S. The summed E-state index contributed by atoms with van der Waals surface area (Å²) in [6, 6.07) is 72.8. The third-order valence-electron chi connectivity index (χ3n) is 13.1. The van der Waals surface area contributed by atoms with Gasteiger partial charge in [-0.1, -0.05) is 140 Å². The Morgan fingerprint density at radius 2 is 0.952 bits per heavy atom. The zero-order chi connectivity index (χ0) is 41.2. The van der Waals surface area contributed by atoms with Gasteiger partial charge in [0.2, 0.25) is 6.29 Å². The summed E-state index contributed by atoms with van der Waals surface area (Å²) >= 11 is 1.83. The monoisotopic (exact) mass is 821 g/mol. The molecular weight excluding hydrogens is 787 g/mol.